The molecule has 0 bridgehead atoms. The second-order valence-electron chi connectivity index (χ2n) is 3.30. The molecule has 0 aliphatic carbocycles. The number of hydrogen-bond acceptors (Lipinski definition) is 4. The molecule has 0 unspecified atom stereocenters. The Labute approximate surface area is 116 Å². The van der Waals surface area contributed by atoms with Crippen LogP contribution in [0.3, 0.4) is 0 Å². The molecule has 7 heteroatoms. The van der Waals surface area contributed by atoms with E-state index in [2.05, 4.69) is 31.2 Å². The van der Waals surface area contributed by atoms with E-state index < -0.39 is 5.82 Å². The summed E-state index contributed by atoms with van der Waals surface area (Å²) in [4.78, 5) is 7.76. The highest BCUT2D eigenvalue weighted by molar-refractivity contribution is 9.10. The quantitative estimate of drug-likeness (QED) is 0.869. The first-order chi connectivity index (χ1) is 8.61. The van der Waals surface area contributed by atoms with E-state index in [1.807, 2.05) is 0 Å². The fourth-order valence-corrected chi connectivity index (χ4v) is 1.73. The van der Waals surface area contributed by atoms with Gasteiger partial charge in [0, 0.05) is 6.07 Å². The molecule has 0 amide bonds. The first-order valence-electron chi connectivity index (χ1n) is 4.88. The molecule has 18 heavy (non-hydrogen) atoms. The van der Waals surface area contributed by atoms with Crippen LogP contribution >= 0.6 is 27.5 Å². The van der Waals surface area contributed by atoms with Crippen molar-refractivity contribution in [2.45, 2.75) is 0 Å². The Balaban J connectivity index is 2.36. The smallest absolute Gasteiger partial charge is 0.149 e. The van der Waals surface area contributed by atoms with Gasteiger partial charge < -0.3 is 10.1 Å². The molecule has 0 saturated heterocycles. The van der Waals surface area contributed by atoms with Crippen LogP contribution < -0.4 is 10.1 Å². The van der Waals surface area contributed by atoms with Crippen molar-refractivity contribution in [2.75, 3.05) is 12.4 Å². The third-order valence-corrected chi connectivity index (χ3v) is 3.44. The molecule has 1 aromatic carbocycles. The summed E-state index contributed by atoms with van der Waals surface area (Å²) in [5.74, 6) is 0.495. The van der Waals surface area contributed by atoms with Crippen molar-refractivity contribution >= 4 is 39.0 Å². The first kappa shape index (κ1) is 13.0. The van der Waals surface area contributed by atoms with Gasteiger partial charge in [0.1, 0.15) is 28.9 Å². The minimum absolute atomic E-state index is 0.241. The summed E-state index contributed by atoms with van der Waals surface area (Å²) >= 11 is 9.05. The molecule has 4 nitrogen and oxygen atoms in total. The highest BCUT2D eigenvalue weighted by Crippen LogP contribution is 2.30. The second-order valence-corrected chi connectivity index (χ2v) is 4.45. The molecule has 0 saturated carbocycles. The first-order valence-corrected chi connectivity index (χ1v) is 6.05. The molecule has 2 rings (SSSR count). The zero-order chi connectivity index (χ0) is 13.1. The Morgan fingerprint density at radius 2 is 2.17 bits per heavy atom. The molecular formula is C11H8BrClFN3O. The van der Waals surface area contributed by atoms with Crippen LogP contribution in [-0.2, 0) is 0 Å². The molecule has 0 aliphatic heterocycles. The van der Waals surface area contributed by atoms with E-state index in [4.69, 9.17) is 16.3 Å². The third-order valence-electron chi connectivity index (χ3n) is 2.17. The van der Waals surface area contributed by atoms with Gasteiger partial charge in [0.05, 0.1) is 17.3 Å². The number of methoxy groups -OCH3 is 1. The number of rotatable bonds is 3. The molecule has 94 valence electrons. The maximum absolute atomic E-state index is 13.6. The summed E-state index contributed by atoms with van der Waals surface area (Å²) in [5.41, 5.74) is 0.241. The van der Waals surface area contributed by atoms with Crippen LogP contribution in [0.15, 0.2) is 29.0 Å². The zero-order valence-electron chi connectivity index (χ0n) is 9.25. The second kappa shape index (κ2) is 5.49. The van der Waals surface area contributed by atoms with Gasteiger partial charge in [-0.3, -0.25) is 0 Å². The molecule has 1 aromatic heterocycles. The van der Waals surface area contributed by atoms with E-state index in [1.54, 1.807) is 0 Å². The number of ether oxygens (including phenoxy) is 1. The van der Waals surface area contributed by atoms with Crippen LogP contribution in [0.5, 0.6) is 5.75 Å². The lowest BCUT2D eigenvalue weighted by molar-refractivity contribution is 0.414. The van der Waals surface area contributed by atoms with Gasteiger partial charge in [-0.1, -0.05) is 11.6 Å². The van der Waals surface area contributed by atoms with E-state index in [0.717, 1.165) is 0 Å². The topological polar surface area (TPSA) is 47.0 Å². The Kier molecular flexibility index (Phi) is 3.98. The molecule has 1 heterocycles. The summed E-state index contributed by atoms with van der Waals surface area (Å²) in [6.07, 6.45) is 1.29. The fourth-order valence-electron chi connectivity index (χ4n) is 1.29. The van der Waals surface area contributed by atoms with Gasteiger partial charge >= 0.3 is 0 Å². The van der Waals surface area contributed by atoms with Crippen LogP contribution in [0.2, 0.25) is 5.15 Å². The lowest BCUT2D eigenvalue weighted by Crippen LogP contribution is -1.99. The van der Waals surface area contributed by atoms with Gasteiger partial charge in [0.2, 0.25) is 0 Å². The summed E-state index contributed by atoms with van der Waals surface area (Å²) in [6, 6.07) is 4.36. The highest BCUT2D eigenvalue weighted by Gasteiger charge is 2.10. The van der Waals surface area contributed by atoms with Gasteiger partial charge in [-0.05, 0) is 28.1 Å². The number of hydrogen-bond donors (Lipinski definition) is 1. The molecular weight excluding hydrogens is 324 g/mol. The largest absolute Gasteiger partial charge is 0.497 e. The molecule has 1 N–H and O–H groups in total. The average Bonchev–Trinajstić information content (AvgIpc) is 2.37. The third kappa shape index (κ3) is 2.70. The van der Waals surface area contributed by atoms with Crippen molar-refractivity contribution in [2.24, 2.45) is 0 Å². The molecule has 0 fully saturated rings. The van der Waals surface area contributed by atoms with Crippen molar-refractivity contribution < 1.29 is 9.13 Å². The van der Waals surface area contributed by atoms with E-state index in [9.17, 15) is 4.39 Å². The number of anilines is 2. The van der Waals surface area contributed by atoms with Crippen LogP contribution in [0.4, 0.5) is 15.9 Å². The van der Waals surface area contributed by atoms with Gasteiger partial charge in [-0.2, -0.15) is 0 Å². The van der Waals surface area contributed by atoms with Crippen LogP contribution in [0.1, 0.15) is 0 Å². The number of nitrogens with one attached hydrogen (secondary N) is 1. The van der Waals surface area contributed by atoms with E-state index in [1.165, 1.54) is 31.6 Å². The molecule has 0 atom stereocenters. The number of halogens is 3. The number of aromatic nitrogens is 2. The average molecular weight is 333 g/mol. The minimum Gasteiger partial charge on any atom is -0.497 e. The van der Waals surface area contributed by atoms with E-state index >= 15 is 0 Å². The van der Waals surface area contributed by atoms with Crippen LogP contribution in [0, 0.1) is 5.82 Å². The maximum atomic E-state index is 13.6. The predicted molar refractivity (Wildman–Crippen MR) is 71.0 cm³/mol. The Hall–Kier alpha value is -1.40. The van der Waals surface area contributed by atoms with Crippen molar-refractivity contribution in [3.8, 4) is 5.75 Å². The van der Waals surface area contributed by atoms with Crippen molar-refractivity contribution in [1.29, 1.82) is 0 Å². The SMILES string of the molecule is COc1ccc(F)c(Nc2ncnc(Cl)c2Br)c1. The standard InChI is InChI=1S/C11H8BrClFN3O/c1-18-6-2-3-7(14)8(4-6)17-11-9(12)10(13)15-5-16-11/h2-5H,1H3,(H,15,16,17). The van der Waals surface area contributed by atoms with Crippen molar-refractivity contribution in [3.05, 3.63) is 40.0 Å². The number of nitrogens with zero attached hydrogens (tertiary/aromatic N) is 2. The Morgan fingerprint density at radius 1 is 1.39 bits per heavy atom. The zero-order valence-corrected chi connectivity index (χ0v) is 11.6. The molecule has 0 spiro atoms. The highest BCUT2D eigenvalue weighted by atomic mass is 79.9. The van der Waals surface area contributed by atoms with Gasteiger partial charge in [0.25, 0.3) is 0 Å². The Bertz CT molecular complexity index is 582. The van der Waals surface area contributed by atoms with Crippen molar-refractivity contribution in [1.82, 2.24) is 9.97 Å². The predicted octanol–water partition coefficient (Wildman–Crippen LogP) is 3.78. The fraction of sp³-hybridized carbons (Fsp3) is 0.0909. The van der Waals surface area contributed by atoms with Crippen LogP contribution in [0.25, 0.3) is 0 Å². The van der Waals surface area contributed by atoms with Gasteiger partial charge in [0.15, 0.2) is 0 Å². The van der Waals surface area contributed by atoms with Crippen molar-refractivity contribution in [3.63, 3.8) is 0 Å². The van der Waals surface area contributed by atoms with E-state index in [0.29, 0.717) is 16.0 Å². The molecule has 2 aromatic rings. The molecule has 0 radical (unpaired) electrons. The summed E-state index contributed by atoms with van der Waals surface area (Å²) < 4.78 is 19.1. The maximum Gasteiger partial charge on any atom is 0.149 e. The normalized spacial score (nSPS) is 10.2. The molecule has 0 aliphatic rings. The summed E-state index contributed by atoms with van der Waals surface area (Å²) in [7, 11) is 1.51. The minimum atomic E-state index is -0.419. The Morgan fingerprint density at radius 3 is 2.89 bits per heavy atom. The van der Waals surface area contributed by atoms with E-state index in [-0.39, 0.29) is 10.8 Å². The number of benzene rings is 1. The van der Waals surface area contributed by atoms with Gasteiger partial charge in [-0.15, -0.1) is 0 Å². The lowest BCUT2D eigenvalue weighted by Gasteiger charge is -2.10. The van der Waals surface area contributed by atoms with Gasteiger partial charge in [-0.25, -0.2) is 14.4 Å². The monoisotopic (exact) mass is 331 g/mol. The summed E-state index contributed by atoms with van der Waals surface area (Å²) in [6.45, 7) is 0. The summed E-state index contributed by atoms with van der Waals surface area (Å²) in [5, 5.41) is 3.06. The van der Waals surface area contributed by atoms with Crippen LogP contribution in [-0.4, -0.2) is 17.1 Å². The lowest BCUT2D eigenvalue weighted by atomic mass is 10.3.